The molecule has 7 nitrogen and oxygen atoms in total. The molecule has 0 aliphatic carbocycles. The van der Waals surface area contributed by atoms with Crippen LogP contribution in [-0.2, 0) is 11.2 Å². The van der Waals surface area contributed by atoms with Gasteiger partial charge >= 0.3 is 0 Å². The van der Waals surface area contributed by atoms with E-state index in [1.54, 1.807) is 12.1 Å². The number of hydrogen-bond acceptors (Lipinski definition) is 5. The van der Waals surface area contributed by atoms with Crippen molar-refractivity contribution < 1.29 is 14.8 Å². The molecule has 24 heavy (non-hydrogen) atoms. The van der Waals surface area contributed by atoms with Crippen molar-refractivity contribution in [1.82, 2.24) is 5.43 Å². The summed E-state index contributed by atoms with van der Waals surface area (Å²) in [6, 6.07) is 9.05. The molecule has 0 fully saturated rings. The van der Waals surface area contributed by atoms with E-state index in [0.29, 0.717) is 10.0 Å². The number of nitro groups is 1. The minimum absolute atomic E-state index is 0.131. The lowest BCUT2D eigenvalue weighted by atomic mass is 10.1. The van der Waals surface area contributed by atoms with Crippen molar-refractivity contribution in [2.24, 2.45) is 5.10 Å². The summed E-state index contributed by atoms with van der Waals surface area (Å²) in [4.78, 5) is 22.2. The summed E-state index contributed by atoms with van der Waals surface area (Å²) < 4.78 is 0.637. The van der Waals surface area contributed by atoms with Gasteiger partial charge in [-0.05, 0) is 12.1 Å². The molecule has 0 aromatic heterocycles. The summed E-state index contributed by atoms with van der Waals surface area (Å²) in [5.41, 5.74) is 2.71. The molecule has 2 aromatic rings. The molecule has 0 heterocycles. The number of benzene rings is 2. The number of nitrogens with one attached hydrogen (secondary N) is 1. The summed E-state index contributed by atoms with van der Waals surface area (Å²) >= 11 is 9.05. The van der Waals surface area contributed by atoms with E-state index in [2.05, 4.69) is 26.5 Å². The number of carbonyl (C=O) groups is 1. The molecule has 0 bridgehead atoms. The van der Waals surface area contributed by atoms with Gasteiger partial charge in [0.2, 0.25) is 5.91 Å². The first-order valence-electron chi connectivity index (χ1n) is 6.60. The number of phenolic OH excluding ortho intramolecular Hbond substituents is 1. The molecule has 0 saturated carbocycles. The first kappa shape index (κ1) is 17.9. The van der Waals surface area contributed by atoms with Gasteiger partial charge in [-0.3, -0.25) is 14.9 Å². The average molecular weight is 413 g/mol. The van der Waals surface area contributed by atoms with Crippen LogP contribution < -0.4 is 5.43 Å². The van der Waals surface area contributed by atoms with E-state index in [1.165, 1.54) is 30.5 Å². The minimum atomic E-state index is -0.548. The Morgan fingerprint density at radius 3 is 2.83 bits per heavy atom. The number of carbonyl (C=O) groups excluding carboxylic acids is 1. The molecule has 124 valence electrons. The zero-order chi connectivity index (χ0) is 17.7. The van der Waals surface area contributed by atoms with Gasteiger partial charge in [-0.2, -0.15) is 5.10 Å². The van der Waals surface area contributed by atoms with E-state index >= 15 is 0 Å². The van der Waals surface area contributed by atoms with Gasteiger partial charge in [0.1, 0.15) is 5.75 Å². The number of hydrazone groups is 1. The SMILES string of the molecule is O=C(Cc1ccccc1[N+](=O)[O-])N/N=C\c1cc(Br)cc(Cl)c1O. The van der Waals surface area contributed by atoms with Crippen LogP contribution in [0.3, 0.4) is 0 Å². The Bertz CT molecular complexity index is 826. The van der Waals surface area contributed by atoms with E-state index < -0.39 is 10.8 Å². The van der Waals surface area contributed by atoms with E-state index in [-0.39, 0.29) is 28.4 Å². The normalized spacial score (nSPS) is 10.8. The number of halogens is 2. The van der Waals surface area contributed by atoms with Crippen LogP contribution in [0.1, 0.15) is 11.1 Å². The number of nitrogens with zero attached hydrogens (tertiary/aromatic N) is 2. The Balaban J connectivity index is 2.06. The van der Waals surface area contributed by atoms with Crippen molar-refractivity contribution in [2.45, 2.75) is 6.42 Å². The Labute approximate surface area is 150 Å². The fraction of sp³-hybridized carbons (Fsp3) is 0.0667. The second-order valence-corrected chi connectivity index (χ2v) is 6.00. The molecule has 1 amide bonds. The summed E-state index contributed by atoms with van der Waals surface area (Å²) in [5.74, 6) is -0.697. The van der Waals surface area contributed by atoms with Crippen LogP contribution in [-0.4, -0.2) is 22.2 Å². The van der Waals surface area contributed by atoms with Gasteiger partial charge in [-0.25, -0.2) is 5.43 Å². The van der Waals surface area contributed by atoms with E-state index in [1.807, 2.05) is 0 Å². The molecule has 0 saturated heterocycles. The molecule has 0 spiro atoms. The molecular formula is C15H11BrClN3O4. The summed E-state index contributed by atoms with van der Waals surface area (Å²) in [6.45, 7) is 0. The second kappa shape index (κ2) is 7.89. The molecular weight excluding hydrogens is 402 g/mol. The highest BCUT2D eigenvalue weighted by atomic mass is 79.9. The van der Waals surface area contributed by atoms with Crippen LogP contribution in [0.4, 0.5) is 5.69 Å². The van der Waals surface area contributed by atoms with Crippen molar-refractivity contribution >= 4 is 45.3 Å². The quantitative estimate of drug-likeness (QED) is 0.446. The topological polar surface area (TPSA) is 105 Å². The third-order valence-corrected chi connectivity index (χ3v) is 3.74. The van der Waals surface area contributed by atoms with Crippen molar-refractivity contribution in [3.8, 4) is 5.75 Å². The van der Waals surface area contributed by atoms with Gasteiger partial charge in [0.25, 0.3) is 5.69 Å². The first-order valence-corrected chi connectivity index (χ1v) is 7.78. The number of hydrogen-bond donors (Lipinski definition) is 2. The molecule has 2 rings (SSSR count). The maximum absolute atomic E-state index is 11.9. The maximum Gasteiger partial charge on any atom is 0.273 e. The highest BCUT2D eigenvalue weighted by Gasteiger charge is 2.15. The van der Waals surface area contributed by atoms with Crippen LogP contribution >= 0.6 is 27.5 Å². The summed E-state index contributed by atoms with van der Waals surface area (Å²) in [6.07, 6.45) is 1.03. The fourth-order valence-corrected chi connectivity index (χ4v) is 2.74. The lowest BCUT2D eigenvalue weighted by Gasteiger charge is -2.03. The number of aromatic hydroxyl groups is 1. The van der Waals surface area contributed by atoms with Crippen molar-refractivity contribution in [1.29, 1.82) is 0 Å². The molecule has 0 unspecified atom stereocenters. The fourth-order valence-electron chi connectivity index (χ4n) is 1.91. The zero-order valence-corrected chi connectivity index (χ0v) is 14.4. The predicted molar refractivity (Wildman–Crippen MR) is 93.4 cm³/mol. The Hall–Kier alpha value is -2.45. The van der Waals surface area contributed by atoms with Crippen molar-refractivity contribution in [3.63, 3.8) is 0 Å². The lowest BCUT2D eigenvalue weighted by Crippen LogP contribution is -2.20. The van der Waals surface area contributed by atoms with Gasteiger partial charge in [0, 0.05) is 21.7 Å². The molecule has 0 atom stereocenters. The van der Waals surface area contributed by atoms with Crippen LogP contribution in [0, 0.1) is 10.1 Å². The number of phenols is 1. The molecule has 2 aromatic carbocycles. The Morgan fingerprint density at radius 2 is 2.12 bits per heavy atom. The highest BCUT2D eigenvalue weighted by molar-refractivity contribution is 9.10. The maximum atomic E-state index is 11.9. The Morgan fingerprint density at radius 1 is 1.42 bits per heavy atom. The van der Waals surface area contributed by atoms with E-state index in [9.17, 15) is 20.0 Å². The van der Waals surface area contributed by atoms with Crippen LogP contribution in [0.25, 0.3) is 0 Å². The van der Waals surface area contributed by atoms with Crippen molar-refractivity contribution in [2.75, 3.05) is 0 Å². The lowest BCUT2D eigenvalue weighted by molar-refractivity contribution is -0.385. The van der Waals surface area contributed by atoms with E-state index in [4.69, 9.17) is 11.6 Å². The largest absolute Gasteiger partial charge is 0.506 e. The number of amides is 1. The molecule has 9 heteroatoms. The average Bonchev–Trinajstić information content (AvgIpc) is 2.52. The smallest absolute Gasteiger partial charge is 0.273 e. The van der Waals surface area contributed by atoms with Crippen molar-refractivity contribution in [3.05, 3.63) is 67.1 Å². The molecule has 0 radical (unpaired) electrons. The number of para-hydroxylation sites is 1. The predicted octanol–water partition coefficient (Wildman–Crippen LogP) is 3.41. The van der Waals surface area contributed by atoms with Gasteiger partial charge in [0.15, 0.2) is 0 Å². The third-order valence-electron chi connectivity index (χ3n) is 2.99. The first-order chi connectivity index (χ1) is 11.4. The van der Waals surface area contributed by atoms with Gasteiger partial charge in [-0.1, -0.05) is 45.7 Å². The molecule has 2 N–H and O–H groups in total. The minimum Gasteiger partial charge on any atom is -0.506 e. The Kier molecular flexibility index (Phi) is 5.88. The number of rotatable bonds is 5. The standard InChI is InChI=1S/C15H11BrClN3O4/c16-11-5-10(15(22)12(17)7-11)8-18-19-14(21)6-9-3-1-2-4-13(9)20(23)24/h1-5,7-8,22H,6H2,(H,19,21)/b18-8-. The van der Waals surface area contributed by atoms with Crippen LogP contribution in [0.5, 0.6) is 5.75 Å². The van der Waals surface area contributed by atoms with Crippen LogP contribution in [0.2, 0.25) is 5.02 Å². The van der Waals surface area contributed by atoms with Gasteiger partial charge < -0.3 is 5.11 Å². The molecule has 0 aliphatic rings. The molecule has 0 aliphatic heterocycles. The monoisotopic (exact) mass is 411 g/mol. The number of nitro benzene ring substituents is 1. The highest BCUT2D eigenvalue weighted by Crippen LogP contribution is 2.30. The van der Waals surface area contributed by atoms with Gasteiger partial charge in [-0.15, -0.1) is 0 Å². The van der Waals surface area contributed by atoms with Gasteiger partial charge in [0.05, 0.1) is 22.6 Å². The van der Waals surface area contributed by atoms with E-state index in [0.717, 1.165) is 0 Å². The van der Waals surface area contributed by atoms with Crippen LogP contribution in [0.15, 0.2) is 46.0 Å². The summed E-state index contributed by atoms with van der Waals surface area (Å²) in [7, 11) is 0. The third kappa shape index (κ3) is 4.53. The summed E-state index contributed by atoms with van der Waals surface area (Å²) in [5, 5.41) is 24.5. The second-order valence-electron chi connectivity index (χ2n) is 4.68. The zero-order valence-electron chi connectivity index (χ0n) is 12.1.